The van der Waals surface area contributed by atoms with Crippen LogP contribution >= 0.6 is 0 Å². The number of ether oxygens (including phenoxy) is 3. The largest absolute Gasteiger partial charge is 0.472 e. The Labute approximate surface area is 157 Å². The molecule has 0 bridgehead atoms. The molecule has 3 rings (SSSR count). The number of fused-ring (bicyclic) bond motifs is 2. The van der Waals surface area contributed by atoms with Crippen molar-refractivity contribution < 1.29 is 28.6 Å². The lowest BCUT2D eigenvalue weighted by molar-refractivity contribution is -0.112. The molecule has 0 aliphatic carbocycles. The summed E-state index contributed by atoms with van der Waals surface area (Å²) >= 11 is 0. The molecule has 1 aromatic carbocycles. The number of carbonyl (C=O) groups excluding carboxylic acids is 3. The van der Waals surface area contributed by atoms with Gasteiger partial charge in [0.1, 0.15) is 11.8 Å². The SMILES string of the molecule is COC(=O)N1c2cc(C)c(C)cc2N(C(=O)OC)[C@H]2C/C(=C\C(C)=O)O[C@H]21. The highest BCUT2D eigenvalue weighted by molar-refractivity contribution is 6.02. The summed E-state index contributed by atoms with van der Waals surface area (Å²) in [5.74, 6) is 0.226. The van der Waals surface area contributed by atoms with Crippen LogP contribution in [0.1, 0.15) is 24.5 Å². The van der Waals surface area contributed by atoms with E-state index in [4.69, 9.17) is 14.2 Å². The van der Waals surface area contributed by atoms with Crippen molar-refractivity contribution in [2.45, 2.75) is 39.5 Å². The van der Waals surface area contributed by atoms with Crippen LogP contribution in [0.25, 0.3) is 0 Å². The van der Waals surface area contributed by atoms with Gasteiger partial charge in [-0.1, -0.05) is 0 Å². The lowest BCUT2D eigenvalue weighted by Crippen LogP contribution is -2.58. The number of hydrogen-bond donors (Lipinski definition) is 0. The number of methoxy groups -OCH3 is 2. The van der Waals surface area contributed by atoms with Gasteiger partial charge in [0.15, 0.2) is 5.78 Å². The number of rotatable bonds is 1. The van der Waals surface area contributed by atoms with E-state index in [-0.39, 0.29) is 12.2 Å². The zero-order valence-corrected chi connectivity index (χ0v) is 15.9. The molecule has 0 radical (unpaired) electrons. The van der Waals surface area contributed by atoms with Crippen LogP contribution in [0.5, 0.6) is 0 Å². The quantitative estimate of drug-likeness (QED) is 0.703. The molecule has 2 atom stereocenters. The highest BCUT2D eigenvalue weighted by atomic mass is 16.6. The van der Waals surface area contributed by atoms with E-state index in [0.29, 0.717) is 17.1 Å². The van der Waals surface area contributed by atoms with Crippen molar-refractivity contribution in [2.75, 3.05) is 24.0 Å². The van der Waals surface area contributed by atoms with E-state index in [9.17, 15) is 14.4 Å². The van der Waals surface area contributed by atoms with E-state index in [1.54, 1.807) is 0 Å². The van der Waals surface area contributed by atoms with Gasteiger partial charge in [0.2, 0.25) is 6.23 Å². The maximum atomic E-state index is 12.6. The summed E-state index contributed by atoms with van der Waals surface area (Å²) in [5, 5.41) is 0. The van der Waals surface area contributed by atoms with Gasteiger partial charge >= 0.3 is 12.2 Å². The topological polar surface area (TPSA) is 85.4 Å². The Morgan fingerprint density at radius 2 is 1.56 bits per heavy atom. The fraction of sp³-hybridized carbons (Fsp3) is 0.421. The average molecular weight is 374 g/mol. The Morgan fingerprint density at radius 1 is 1.04 bits per heavy atom. The maximum absolute atomic E-state index is 12.6. The molecule has 2 aliphatic heterocycles. The predicted octanol–water partition coefficient (Wildman–Crippen LogP) is 3.05. The molecule has 1 aromatic rings. The third kappa shape index (κ3) is 3.11. The monoisotopic (exact) mass is 374 g/mol. The molecule has 27 heavy (non-hydrogen) atoms. The minimum Gasteiger partial charge on any atom is -0.472 e. The first kappa shape index (κ1) is 18.8. The van der Waals surface area contributed by atoms with E-state index < -0.39 is 24.5 Å². The molecule has 8 nitrogen and oxygen atoms in total. The number of hydrogen-bond acceptors (Lipinski definition) is 6. The molecule has 144 valence electrons. The molecule has 0 N–H and O–H groups in total. The van der Waals surface area contributed by atoms with Gasteiger partial charge in [-0.2, -0.15) is 0 Å². The molecule has 0 saturated carbocycles. The molecule has 2 amide bonds. The van der Waals surface area contributed by atoms with Crippen molar-refractivity contribution in [1.29, 1.82) is 0 Å². The van der Waals surface area contributed by atoms with Crippen LogP contribution in [0, 0.1) is 13.8 Å². The molecular formula is C19H22N2O6. The zero-order chi connectivity index (χ0) is 19.9. The molecule has 1 fully saturated rings. The van der Waals surface area contributed by atoms with Gasteiger partial charge in [-0.3, -0.25) is 9.69 Å². The molecule has 0 aromatic heterocycles. The van der Waals surface area contributed by atoms with Gasteiger partial charge < -0.3 is 14.2 Å². The minimum absolute atomic E-state index is 0.179. The first-order chi connectivity index (χ1) is 12.8. The number of benzene rings is 1. The fourth-order valence-corrected chi connectivity index (χ4v) is 3.47. The second kappa shape index (κ2) is 6.94. The van der Waals surface area contributed by atoms with Gasteiger partial charge in [-0.05, 0) is 44.0 Å². The van der Waals surface area contributed by atoms with Crippen LogP contribution < -0.4 is 9.80 Å². The minimum atomic E-state index is -0.822. The van der Waals surface area contributed by atoms with Gasteiger partial charge in [0.05, 0.1) is 25.6 Å². The van der Waals surface area contributed by atoms with Crippen LogP contribution in [0.15, 0.2) is 24.0 Å². The van der Waals surface area contributed by atoms with Gasteiger partial charge in [-0.15, -0.1) is 0 Å². The van der Waals surface area contributed by atoms with Crippen LogP contribution in [-0.2, 0) is 19.0 Å². The number of anilines is 2. The summed E-state index contributed by atoms with van der Waals surface area (Å²) in [5.41, 5.74) is 2.93. The van der Waals surface area contributed by atoms with E-state index >= 15 is 0 Å². The lowest BCUT2D eigenvalue weighted by atomic mass is 10.00. The number of carbonyl (C=O) groups is 3. The number of aryl methyl sites for hydroxylation is 2. The van der Waals surface area contributed by atoms with E-state index in [1.807, 2.05) is 26.0 Å². The Balaban J connectivity index is 2.21. The summed E-state index contributed by atoms with van der Waals surface area (Å²) in [6, 6.07) is 3.10. The number of amides is 2. The standard InChI is InChI=1S/C19H22N2O6/c1-10-6-14-15(7-11(10)2)21(19(24)26-5)17-16(20(14)18(23)25-4)9-13(27-17)8-12(3)22/h6-8,16-17H,9H2,1-5H3/b13-8+/t16-,17+/m0/s1. The highest BCUT2D eigenvalue weighted by Crippen LogP contribution is 2.46. The Hall–Kier alpha value is -3.03. The number of nitrogens with zero attached hydrogens (tertiary/aromatic N) is 2. The van der Waals surface area contributed by atoms with Crippen molar-refractivity contribution in [3.05, 3.63) is 35.1 Å². The first-order valence-electron chi connectivity index (χ1n) is 8.51. The van der Waals surface area contributed by atoms with E-state index in [2.05, 4.69) is 0 Å². The number of ketones is 1. The summed E-state index contributed by atoms with van der Waals surface area (Å²) < 4.78 is 15.8. The van der Waals surface area contributed by atoms with Crippen LogP contribution in [0.2, 0.25) is 0 Å². The van der Waals surface area contributed by atoms with Crippen molar-refractivity contribution in [3.8, 4) is 0 Å². The molecule has 1 saturated heterocycles. The summed E-state index contributed by atoms with van der Waals surface area (Å²) in [6.07, 6.45) is -0.351. The second-order valence-electron chi connectivity index (χ2n) is 6.61. The highest BCUT2D eigenvalue weighted by Gasteiger charge is 2.51. The van der Waals surface area contributed by atoms with E-state index in [0.717, 1.165) is 11.1 Å². The second-order valence-corrected chi connectivity index (χ2v) is 6.61. The van der Waals surface area contributed by atoms with Crippen molar-refractivity contribution in [2.24, 2.45) is 0 Å². The lowest BCUT2D eigenvalue weighted by Gasteiger charge is -2.42. The van der Waals surface area contributed by atoms with Crippen LogP contribution in [0.3, 0.4) is 0 Å². The molecule has 8 heteroatoms. The van der Waals surface area contributed by atoms with Crippen molar-refractivity contribution >= 4 is 29.3 Å². The Morgan fingerprint density at radius 3 is 2.07 bits per heavy atom. The van der Waals surface area contributed by atoms with Crippen molar-refractivity contribution in [3.63, 3.8) is 0 Å². The molecular weight excluding hydrogens is 352 g/mol. The average Bonchev–Trinajstić information content (AvgIpc) is 3.01. The summed E-state index contributed by atoms with van der Waals surface area (Å²) in [6.45, 7) is 5.25. The predicted molar refractivity (Wildman–Crippen MR) is 97.7 cm³/mol. The zero-order valence-electron chi connectivity index (χ0n) is 15.9. The van der Waals surface area contributed by atoms with Crippen LogP contribution in [-0.4, -0.2) is 44.5 Å². The third-order valence-electron chi connectivity index (χ3n) is 4.81. The molecule has 0 unspecified atom stereocenters. The Bertz CT molecular complexity index is 788. The molecule has 2 heterocycles. The van der Waals surface area contributed by atoms with Gasteiger partial charge in [-0.25, -0.2) is 14.5 Å². The fourth-order valence-electron chi connectivity index (χ4n) is 3.47. The van der Waals surface area contributed by atoms with Gasteiger partial charge in [0, 0.05) is 12.5 Å². The summed E-state index contributed by atoms with van der Waals surface area (Å²) in [7, 11) is 2.58. The molecule has 0 spiro atoms. The maximum Gasteiger partial charge on any atom is 0.417 e. The Kier molecular flexibility index (Phi) is 4.82. The molecule has 2 aliphatic rings. The van der Waals surface area contributed by atoms with E-state index in [1.165, 1.54) is 37.0 Å². The normalized spacial score (nSPS) is 22.0. The summed E-state index contributed by atoms with van der Waals surface area (Å²) in [4.78, 5) is 39.5. The van der Waals surface area contributed by atoms with Crippen LogP contribution in [0.4, 0.5) is 21.0 Å². The first-order valence-corrected chi connectivity index (χ1v) is 8.51. The van der Waals surface area contributed by atoms with Crippen molar-refractivity contribution in [1.82, 2.24) is 0 Å². The smallest absolute Gasteiger partial charge is 0.417 e. The van der Waals surface area contributed by atoms with Gasteiger partial charge in [0.25, 0.3) is 0 Å². The third-order valence-corrected chi connectivity index (χ3v) is 4.81. The number of allylic oxidation sites excluding steroid dienone is 1.